The molecule has 1 aliphatic rings. The van der Waals surface area contributed by atoms with Crippen LogP contribution in [0.25, 0.3) is 22.4 Å². The summed E-state index contributed by atoms with van der Waals surface area (Å²) in [6, 6.07) is 14.4. The van der Waals surface area contributed by atoms with Crippen molar-refractivity contribution in [2.75, 3.05) is 19.0 Å². The van der Waals surface area contributed by atoms with Gasteiger partial charge in [0.25, 0.3) is 11.5 Å². The molecule has 1 aliphatic heterocycles. The topological polar surface area (TPSA) is 136 Å². The second-order valence-electron chi connectivity index (χ2n) is 10.4. The highest BCUT2D eigenvalue weighted by atomic mass is 35.5. The van der Waals surface area contributed by atoms with Crippen molar-refractivity contribution in [2.45, 2.75) is 25.4 Å². The number of pyridine rings is 1. The van der Waals surface area contributed by atoms with Crippen LogP contribution in [0.4, 0.5) is 5.69 Å². The van der Waals surface area contributed by atoms with Crippen LogP contribution in [0.5, 0.6) is 5.88 Å². The normalized spacial score (nSPS) is 14.4. The monoisotopic (exact) mass is 636 g/mol. The molecule has 44 heavy (non-hydrogen) atoms. The molecular formula is C31H30Cl2N6O5. The van der Waals surface area contributed by atoms with Crippen molar-refractivity contribution in [1.29, 1.82) is 0 Å². The largest absolute Gasteiger partial charge is 0.481 e. The van der Waals surface area contributed by atoms with E-state index < -0.39 is 17.2 Å². The average molecular weight is 638 g/mol. The van der Waals surface area contributed by atoms with Crippen LogP contribution in [0.1, 0.15) is 28.8 Å². The first-order chi connectivity index (χ1) is 21.1. The number of hydrogen-bond donors (Lipinski definition) is 3. The van der Waals surface area contributed by atoms with Crippen molar-refractivity contribution >= 4 is 40.7 Å². The molecule has 4 aromatic rings. The van der Waals surface area contributed by atoms with Crippen LogP contribution >= 0.6 is 23.2 Å². The van der Waals surface area contributed by atoms with Crippen molar-refractivity contribution in [3.63, 3.8) is 0 Å². The zero-order valence-corrected chi connectivity index (χ0v) is 25.8. The van der Waals surface area contributed by atoms with Crippen LogP contribution in [0, 0.1) is 0 Å². The fourth-order valence-corrected chi connectivity index (χ4v) is 5.67. The van der Waals surface area contributed by atoms with Crippen LogP contribution < -0.4 is 31.9 Å². The van der Waals surface area contributed by atoms with Gasteiger partial charge < -0.3 is 25.3 Å². The summed E-state index contributed by atoms with van der Waals surface area (Å²) in [5.74, 6) is -0.191. The number of benzene rings is 2. The van der Waals surface area contributed by atoms with E-state index in [9.17, 15) is 19.2 Å². The molecule has 13 heteroatoms. The summed E-state index contributed by atoms with van der Waals surface area (Å²) in [6.45, 7) is 1.16. The fraction of sp³-hybridized carbons (Fsp3) is 0.258. The van der Waals surface area contributed by atoms with E-state index in [1.807, 2.05) is 24.3 Å². The molecule has 0 saturated carbocycles. The number of nitrogens with zero attached hydrogens (tertiary/aromatic N) is 3. The number of aryl methyl sites for hydroxylation is 1. The SMILES string of the molecule is COc1nc(-c2cccc(-c3cccc(NC(=O)c4cn(C)c(=O)n(C)c4=O)c3Cl)c2Cl)ccc1CNC[C@@H]1CCC(=O)N1. The predicted octanol–water partition coefficient (Wildman–Crippen LogP) is 3.75. The molecule has 228 valence electrons. The molecule has 2 amide bonds. The van der Waals surface area contributed by atoms with Gasteiger partial charge in [-0.2, -0.15) is 0 Å². The maximum absolute atomic E-state index is 13.0. The number of halogens is 2. The summed E-state index contributed by atoms with van der Waals surface area (Å²) in [5.41, 5.74) is 2.04. The predicted molar refractivity (Wildman–Crippen MR) is 169 cm³/mol. The summed E-state index contributed by atoms with van der Waals surface area (Å²) >= 11 is 13.7. The van der Waals surface area contributed by atoms with E-state index in [0.717, 1.165) is 21.1 Å². The molecular weight excluding hydrogens is 607 g/mol. The Morgan fingerprint density at radius 1 is 1.02 bits per heavy atom. The summed E-state index contributed by atoms with van der Waals surface area (Å²) in [5, 5.41) is 9.57. The van der Waals surface area contributed by atoms with E-state index in [0.29, 0.717) is 52.8 Å². The van der Waals surface area contributed by atoms with Gasteiger partial charge >= 0.3 is 5.69 Å². The molecule has 2 aromatic carbocycles. The number of carbonyl (C=O) groups is 2. The lowest BCUT2D eigenvalue weighted by atomic mass is 10.00. The maximum atomic E-state index is 13.0. The van der Waals surface area contributed by atoms with Gasteiger partial charge in [0, 0.05) is 68.1 Å². The third kappa shape index (κ3) is 6.26. The number of rotatable bonds is 9. The first-order valence-electron chi connectivity index (χ1n) is 13.8. The van der Waals surface area contributed by atoms with Gasteiger partial charge in [0.1, 0.15) is 5.56 Å². The van der Waals surface area contributed by atoms with Crippen LogP contribution in [-0.4, -0.2) is 45.6 Å². The minimum absolute atomic E-state index is 0.0747. The lowest BCUT2D eigenvalue weighted by Crippen LogP contribution is -2.40. The van der Waals surface area contributed by atoms with E-state index >= 15 is 0 Å². The van der Waals surface area contributed by atoms with Crippen LogP contribution in [0.2, 0.25) is 10.0 Å². The van der Waals surface area contributed by atoms with Gasteiger partial charge in [-0.05, 0) is 18.6 Å². The number of carbonyl (C=O) groups excluding carboxylic acids is 2. The molecule has 0 aliphatic carbocycles. The van der Waals surface area contributed by atoms with E-state index in [1.165, 1.54) is 20.3 Å². The van der Waals surface area contributed by atoms with Gasteiger partial charge in [0.05, 0.1) is 28.5 Å². The molecule has 1 atom stereocenters. The zero-order valence-electron chi connectivity index (χ0n) is 24.2. The molecule has 11 nitrogen and oxygen atoms in total. The molecule has 2 aromatic heterocycles. The minimum atomic E-state index is -0.722. The maximum Gasteiger partial charge on any atom is 0.330 e. The Labute approximate surface area is 262 Å². The Hall–Kier alpha value is -4.45. The summed E-state index contributed by atoms with van der Waals surface area (Å²) < 4.78 is 7.59. The first kappa shape index (κ1) is 31.0. The van der Waals surface area contributed by atoms with Gasteiger partial charge in [-0.1, -0.05) is 59.6 Å². The minimum Gasteiger partial charge on any atom is -0.481 e. The Morgan fingerprint density at radius 2 is 1.73 bits per heavy atom. The van der Waals surface area contributed by atoms with Crippen LogP contribution in [-0.2, 0) is 25.4 Å². The summed E-state index contributed by atoms with van der Waals surface area (Å²) in [7, 11) is 4.31. The van der Waals surface area contributed by atoms with Crippen LogP contribution in [0.15, 0.2) is 64.3 Å². The van der Waals surface area contributed by atoms with Gasteiger partial charge in [-0.15, -0.1) is 0 Å². The highest BCUT2D eigenvalue weighted by Gasteiger charge is 2.21. The quantitative estimate of drug-likeness (QED) is 0.254. The lowest BCUT2D eigenvalue weighted by molar-refractivity contribution is -0.119. The third-order valence-electron chi connectivity index (χ3n) is 7.43. The van der Waals surface area contributed by atoms with Crippen molar-refractivity contribution in [3.05, 3.63) is 96.7 Å². The van der Waals surface area contributed by atoms with Gasteiger partial charge in [0.15, 0.2) is 0 Å². The van der Waals surface area contributed by atoms with Gasteiger partial charge in [-0.25, -0.2) is 9.78 Å². The molecule has 0 unspecified atom stereocenters. The highest BCUT2D eigenvalue weighted by molar-refractivity contribution is 6.39. The number of methoxy groups -OCH3 is 1. The Balaban J connectivity index is 1.40. The van der Waals surface area contributed by atoms with Crippen molar-refractivity contribution in [1.82, 2.24) is 24.8 Å². The van der Waals surface area contributed by atoms with Crippen molar-refractivity contribution in [3.8, 4) is 28.3 Å². The molecule has 1 fully saturated rings. The molecule has 5 rings (SSSR count). The molecule has 1 saturated heterocycles. The standard InChI is InChI=1S/C31H30Cl2N6O5/c1-38-16-22(30(42)39(2)31(38)43)28(41)36-24-9-5-7-20(27(24)33)19-6-4-8-21(26(19)32)23-12-10-17(29(37-23)44-3)14-34-15-18-11-13-25(40)35-18/h4-10,12,16,18,34H,11,13-15H2,1-3H3,(H,35,40)(H,36,41)/t18-/m0/s1. The number of anilines is 1. The molecule has 3 N–H and O–H groups in total. The second kappa shape index (κ2) is 13.0. The third-order valence-corrected chi connectivity index (χ3v) is 8.24. The smallest absolute Gasteiger partial charge is 0.330 e. The van der Waals surface area contributed by atoms with E-state index in [4.69, 9.17) is 32.9 Å². The Bertz CT molecular complexity index is 1890. The summed E-state index contributed by atoms with van der Waals surface area (Å²) in [4.78, 5) is 53.7. The molecule has 0 radical (unpaired) electrons. The number of aromatic nitrogens is 3. The number of ether oxygens (including phenoxy) is 1. The lowest BCUT2D eigenvalue weighted by Gasteiger charge is -2.16. The van der Waals surface area contributed by atoms with Gasteiger partial charge in [0.2, 0.25) is 11.8 Å². The Kier molecular flexibility index (Phi) is 9.19. The molecule has 3 heterocycles. The molecule has 0 bridgehead atoms. The zero-order chi connectivity index (χ0) is 31.5. The van der Waals surface area contributed by atoms with E-state index in [-0.39, 0.29) is 28.2 Å². The fourth-order valence-electron chi connectivity index (χ4n) is 5.07. The van der Waals surface area contributed by atoms with E-state index in [2.05, 4.69) is 16.0 Å². The number of hydrogen-bond acceptors (Lipinski definition) is 7. The Morgan fingerprint density at radius 3 is 2.43 bits per heavy atom. The van der Waals surface area contributed by atoms with Gasteiger partial charge in [-0.3, -0.25) is 19.0 Å². The van der Waals surface area contributed by atoms with Crippen molar-refractivity contribution in [2.24, 2.45) is 14.1 Å². The number of amides is 2. The summed E-state index contributed by atoms with van der Waals surface area (Å²) in [6.07, 6.45) is 2.55. The average Bonchev–Trinajstić information content (AvgIpc) is 3.44. The van der Waals surface area contributed by atoms with Crippen molar-refractivity contribution < 1.29 is 14.3 Å². The van der Waals surface area contributed by atoms with Crippen LogP contribution in [0.3, 0.4) is 0 Å². The molecule has 0 spiro atoms. The second-order valence-corrected chi connectivity index (χ2v) is 11.1. The van der Waals surface area contributed by atoms with E-state index in [1.54, 1.807) is 31.4 Å². The first-order valence-corrected chi connectivity index (χ1v) is 14.5. The number of nitrogens with one attached hydrogen (secondary N) is 3. The highest BCUT2D eigenvalue weighted by Crippen LogP contribution is 2.41.